The van der Waals surface area contributed by atoms with Gasteiger partial charge in [0.1, 0.15) is 0 Å². The van der Waals surface area contributed by atoms with Crippen LogP contribution in [0.3, 0.4) is 0 Å². The number of anilines is 1. The second kappa shape index (κ2) is 10.4. The summed E-state index contributed by atoms with van der Waals surface area (Å²) in [6, 6.07) is 7.87. The summed E-state index contributed by atoms with van der Waals surface area (Å²) in [6.07, 6.45) is 1.31. The van der Waals surface area contributed by atoms with Gasteiger partial charge in [0.15, 0.2) is 0 Å². The lowest BCUT2D eigenvalue weighted by Crippen LogP contribution is -2.11. The third-order valence-electron chi connectivity index (χ3n) is 2.25. The molecule has 1 amide bonds. The Balaban J connectivity index is 0. The fourth-order valence-corrected chi connectivity index (χ4v) is 1.82. The van der Waals surface area contributed by atoms with Crippen LogP contribution in [0.15, 0.2) is 47.7 Å². The number of rotatable bonds is 6. The molecule has 3 heteroatoms. The second-order valence-corrected chi connectivity index (χ2v) is 4.75. The maximum atomic E-state index is 11.6. The Labute approximate surface area is 122 Å². The predicted octanol–water partition coefficient (Wildman–Crippen LogP) is 5.24. The Bertz CT molecular complexity index is 415. The Hall–Kier alpha value is -1.48. The quantitative estimate of drug-likeness (QED) is 0.771. The second-order valence-electron chi connectivity index (χ2n) is 3.60. The Morgan fingerprint density at radius 3 is 2.42 bits per heavy atom. The third kappa shape index (κ3) is 7.52. The molecule has 0 unspecified atom stereocenters. The topological polar surface area (TPSA) is 29.1 Å². The van der Waals surface area contributed by atoms with E-state index in [1.54, 1.807) is 5.41 Å². The monoisotopic (exact) mass is 279 g/mol. The summed E-state index contributed by atoms with van der Waals surface area (Å²) in [5.41, 5.74) is 2.08. The molecule has 0 spiro atoms. The van der Waals surface area contributed by atoms with Crippen molar-refractivity contribution in [1.29, 1.82) is 0 Å². The first kappa shape index (κ1) is 17.5. The molecule has 0 aromatic heterocycles. The highest BCUT2D eigenvalue weighted by molar-refractivity contribution is 8.05. The van der Waals surface area contributed by atoms with Gasteiger partial charge in [-0.15, -0.1) is 11.8 Å². The summed E-state index contributed by atoms with van der Waals surface area (Å²) in [5.74, 6) is -0.0476. The Kier molecular flexibility index (Phi) is 9.63. The molecule has 1 aromatic carbocycles. The summed E-state index contributed by atoms with van der Waals surface area (Å²) in [4.78, 5) is 12.4. The molecule has 0 bridgehead atoms. The SMILES string of the molecule is C=CSC(=C)CC(=O)Nc1ccc(CC)cc1.CC.[HH]. The smallest absolute Gasteiger partial charge is 0.229 e. The highest BCUT2D eigenvalue weighted by Gasteiger charge is 2.04. The molecule has 1 rings (SSSR count). The molecule has 19 heavy (non-hydrogen) atoms. The van der Waals surface area contributed by atoms with Gasteiger partial charge >= 0.3 is 0 Å². The molecular weight excluding hydrogens is 254 g/mol. The molecule has 106 valence electrons. The summed E-state index contributed by atoms with van der Waals surface area (Å²) < 4.78 is 0. The average Bonchev–Trinajstić information content (AvgIpc) is 2.42. The molecule has 2 nitrogen and oxygen atoms in total. The van der Waals surface area contributed by atoms with E-state index in [4.69, 9.17) is 0 Å². The molecule has 0 aliphatic heterocycles. The lowest BCUT2D eigenvalue weighted by Gasteiger charge is -2.06. The molecular formula is C16H25NOS. The fraction of sp³-hybridized carbons (Fsp3) is 0.312. The van der Waals surface area contributed by atoms with Gasteiger partial charge in [-0.1, -0.05) is 46.1 Å². The van der Waals surface area contributed by atoms with E-state index in [-0.39, 0.29) is 7.33 Å². The number of amides is 1. The van der Waals surface area contributed by atoms with E-state index in [0.717, 1.165) is 17.0 Å². The van der Waals surface area contributed by atoms with E-state index in [9.17, 15) is 4.79 Å². The minimum absolute atomic E-state index is 0. The maximum Gasteiger partial charge on any atom is 0.229 e. The molecule has 1 N–H and O–H groups in total. The van der Waals surface area contributed by atoms with Gasteiger partial charge in [-0.05, 0) is 34.4 Å². The summed E-state index contributed by atoms with van der Waals surface area (Å²) >= 11 is 1.38. The van der Waals surface area contributed by atoms with Crippen molar-refractivity contribution in [3.05, 3.63) is 53.3 Å². The van der Waals surface area contributed by atoms with Crippen LogP contribution in [0.1, 0.15) is 34.2 Å². The number of carbonyl (C=O) groups excluding carboxylic acids is 1. The molecule has 0 radical (unpaired) electrons. The van der Waals surface area contributed by atoms with E-state index < -0.39 is 0 Å². The molecule has 0 atom stereocenters. The van der Waals surface area contributed by atoms with Crippen molar-refractivity contribution in [1.82, 2.24) is 0 Å². The summed E-state index contributed by atoms with van der Waals surface area (Å²) in [6.45, 7) is 13.5. The number of aryl methyl sites for hydroxylation is 1. The first-order chi connectivity index (χ1) is 9.15. The molecule has 0 saturated heterocycles. The van der Waals surface area contributed by atoms with Crippen LogP contribution >= 0.6 is 11.8 Å². The summed E-state index contributed by atoms with van der Waals surface area (Å²) in [7, 11) is 0. The van der Waals surface area contributed by atoms with E-state index in [1.807, 2.05) is 38.1 Å². The highest BCUT2D eigenvalue weighted by Crippen LogP contribution is 2.18. The number of hydrogen-bond donors (Lipinski definition) is 1. The molecule has 1 aromatic rings. The zero-order valence-corrected chi connectivity index (χ0v) is 12.8. The fourth-order valence-electron chi connectivity index (χ4n) is 1.37. The van der Waals surface area contributed by atoms with Crippen LogP contribution in [0.4, 0.5) is 5.69 Å². The summed E-state index contributed by atoms with van der Waals surface area (Å²) in [5, 5.41) is 4.51. The zero-order valence-electron chi connectivity index (χ0n) is 12.0. The van der Waals surface area contributed by atoms with E-state index in [2.05, 4.69) is 25.4 Å². The molecule has 0 aliphatic rings. The molecule has 0 fully saturated rings. The molecule has 0 aliphatic carbocycles. The van der Waals surface area contributed by atoms with Crippen LogP contribution in [-0.4, -0.2) is 5.91 Å². The van der Waals surface area contributed by atoms with Crippen LogP contribution in [0, 0.1) is 0 Å². The number of carbonyl (C=O) groups is 1. The number of nitrogens with one attached hydrogen (secondary N) is 1. The van der Waals surface area contributed by atoms with Crippen molar-refractivity contribution in [3.8, 4) is 0 Å². The maximum absolute atomic E-state index is 11.6. The average molecular weight is 279 g/mol. The van der Waals surface area contributed by atoms with Gasteiger partial charge in [0.2, 0.25) is 5.91 Å². The van der Waals surface area contributed by atoms with Crippen LogP contribution in [0.25, 0.3) is 0 Å². The van der Waals surface area contributed by atoms with E-state index in [0.29, 0.717) is 6.42 Å². The zero-order chi connectivity index (χ0) is 14.7. The molecule has 0 saturated carbocycles. The standard InChI is InChI=1S/C14H17NOS.C2H6.H2/c1-4-12-6-8-13(9-7-12)15-14(16)10-11(3)17-5-2;1-2;/h5-9H,2-4,10H2,1H3,(H,15,16);1-2H3;1H. The highest BCUT2D eigenvalue weighted by atomic mass is 32.2. The third-order valence-corrected chi connectivity index (χ3v) is 2.90. The van der Waals surface area contributed by atoms with Crippen molar-refractivity contribution in [2.24, 2.45) is 0 Å². The van der Waals surface area contributed by atoms with E-state index in [1.165, 1.54) is 17.3 Å². The minimum atomic E-state index is -0.0476. The predicted molar refractivity (Wildman–Crippen MR) is 89.5 cm³/mol. The molecule has 0 heterocycles. The van der Waals surface area contributed by atoms with Crippen LogP contribution in [0.5, 0.6) is 0 Å². The van der Waals surface area contributed by atoms with Gasteiger partial charge in [-0.25, -0.2) is 0 Å². The van der Waals surface area contributed by atoms with Gasteiger partial charge < -0.3 is 5.32 Å². The first-order valence-corrected chi connectivity index (χ1v) is 7.37. The minimum Gasteiger partial charge on any atom is -0.326 e. The largest absolute Gasteiger partial charge is 0.326 e. The normalized spacial score (nSPS) is 9.00. The number of hydrogen-bond acceptors (Lipinski definition) is 2. The van der Waals surface area contributed by atoms with Crippen molar-refractivity contribution < 1.29 is 6.22 Å². The number of benzene rings is 1. The van der Waals surface area contributed by atoms with Gasteiger partial charge in [0.05, 0.1) is 6.42 Å². The Morgan fingerprint density at radius 2 is 1.95 bits per heavy atom. The van der Waals surface area contributed by atoms with Gasteiger partial charge in [-0.3, -0.25) is 4.79 Å². The van der Waals surface area contributed by atoms with Crippen LogP contribution < -0.4 is 5.32 Å². The van der Waals surface area contributed by atoms with Gasteiger partial charge in [0, 0.05) is 7.11 Å². The lowest BCUT2D eigenvalue weighted by molar-refractivity contribution is -0.115. The van der Waals surface area contributed by atoms with Crippen molar-refractivity contribution >= 4 is 23.4 Å². The first-order valence-electron chi connectivity index (χ1n) is 6.49. The van der Waals surface area contributed by atoms with Gasteiger partial charge in [0.25, 0.3) is 0 Å². The van der Waals surface area contributed by atoms with Crippen LogP contribution in [0.2, 0.25) is 0 Å². The van der Waals surface area contributed by atoms with Crippen LogP contribution in [-0.2, 0) is 11.2 Å². The van der Waals surface area contributed by atoms with Gasteiger partial charge in [-0.2, -0.15) is 0 Å². The van der Waals surface area contributed by atoms with Crippen molar-refractivity contribution in [2.45, 2.75) is 33.6 Å². The van der Waals surface area contributed by atoms with E-state index >= 15 is 0 Å². The van der Waals surface area contributed by atoms with Crippen molar-refractivity contribution in [3.63, 3.8) is 0 Å². The Morgan fingerprint density at radius 1 is 1.37 bits per heavy atom. The lowest BCUT2D eigenvalue weighted by atomic mass is 10.1. The van der Waals surface area contributed by atoms with Crippen molar-refractivity contribution in [2.75, 3.05) is 5.32 Å². The number of thioether (sulfide) groups is 1.